The van der Waals surface area contributed by atoms with Gasteiger partial charge in [0.25, 0.3) is 5.91 Å². The molecule has 0 aliphatic rings. The number of thiophene rings is 1. The number of carbonyl (C=O) groups excluding carboxylic acids is 2. The summed E-state index contributed by atoms with van der Waals surface area (Å²) in [5.41, 5.74) is 3.13. The maximum absolute atomic E-state index is 11.8. The Kier molecular flexibility index (Phi) is 5.11. The van der Waals surface area contributed by atoms with Crippen LogP contribution >= 0.6 is 11.3 Å². The molecule has 0 aliphatic heterocycles. The number of nitrogens with zero attached hydrogens (tertiary/aromatic N) is 1. The van der Waals surface area contributed by atoms with Crippen LogP contribution < -0.4 is 10.7 Å². The lowest BCUT2D eigenvalue weighted by Crippen LogP contribution is -2.36. The Hall–Kier alpha value is -1.40. The Labute approximate surface area is 105 Å². The van der Waals surface area contributed by atoms with Gasteiger partial charge in [0, 0.05) is 20.5 Å². The molecule has 0 unspecified atom stereocenters. The first-order chi connectivity index (χ1) is 8.04. The molecule has 0 saturated heterocycles. The number of rotatable bonds is 5. The summed E-state index contributed by atoms with van der Waals surface area (Å²) in [6, 6.07) is 1.70. The van der Waals surface area contributed by atoms with Crippen LogP contribution in [0.5, 0.6) is 0 Å². The van der Waals surface area contributed by atoms with Crippen molar-refractivity contribution in [2.75, 3.05) is 19.4 Å². The molecule has 0 radical (unpaired) electrons. The summed E-state index contributed by atoms with van der Waals surface area (Å²) in [4.78, 5) is 23.2. The van der Waals surface area contributed by atoms with E-state index in [0.29, 0.717) is 17.0 Å². The van der Waals surface area contributed by atoms with Crippen molar-refractivity contribution in [1.82, 2.24) is 10.4 Å². The highest BCUT2D eigenvalue weighted by atomic mass is 32.1. The first-order valence-corrected chi connectivity index (χ1v) is 6.28. The van der Waals surface area contributed by atoms with Crippen molar-refractivity contribution in [2.24, 2.45) is 0 Å². The zero-order chi connectivity index (χ0) is 12.8. The molecule has 6 heteroatoms. The van der Waals surface area contributed by atoms with Gasteiger partial charge in [0.05, 0.1) is 5.56 Å². The SMILES string of the molecule is CCCC(=O)Nc1sccc1C(=O)NN(C)C. The van der Waals surface area contributed by atoms with Crippen LogP contribution in [0.3, 0.4) is 0 Å². The minimum Gasteiger partial charge on any atom is -0.317 e. The quantitative estimate of drug-likeness (QED) is 0.787. The summed E-state index contributed by atoms with van der Waals surface area (Å²) in [7, 11) is 3.47. The van der Waals surface area contributed by atoms with Crippen LogP contribution in [0.4, 0.5) is 5.00 Å². The van der Waals surface area contributed by atoms with E-state index in [9.17, 15) is 9.59 Å². The molecule has 17 heavy (non-hydrogen) atoms. The standard InChI is InChI=1S/C11H17N3O2S/c1-4-5-9(15)12-11-8(6-7-17-11)10(16)13-14(2)3/h6-7H,4-5H2,1-3H3,(H,12,15)(H,13,16). The van der Waals surface area contributed by atoms with Crippen LogP contribution in [0, 0.1) is 0 Å². The minimum absolute atomic E-state index is 0.0612. The topological polar surface area (TPSA) is 61.4 Å². The maximum atomic E-state index is 11.8. The second-order valence-electron chi connectivity index (χ2n) is 3.80. The molecule has 0 spiro atoms. The highest BCUT2D eigenvalue weighted by Crippen LogP contribution is 2.23. The van der Waals surface area contributed by atoms with Gasteiger partial charge in [-0.15, -0.1) is 11.3 Å². The molecule has 0 bridgehead atoms. The second-order valence-corrected chi connectivity index (χ2v) is 4.71. The lowest BCUT2D eigenvalue weighted by molar-refractivity contribution is -0.116. The molecular formula is C11H17N3O2S. The molecule has 2 amide bonds. The molecule has 1 aromatic heterocycles. The molecule has 0 aromatic carbocycles. The smallest absolute Gasteiger partial charge is 0.268 e. The summed E-state index contributed by atoms with van der Waals surface area (Å²) in [5, 5.41) is 6.70. The summed E-state index contributed by atoms with van der Waals surface area (Å²) in [5.74, 6) is -0.281. The molecule has 0 fully saturated rings. The Morgan fingerprint density at radius 2 is 2.12 bits per heavy atom. The van der Waals surface area contributed by atoms with Gasteiger partial charge in [-0.25, -0.2) is 5.01 Å². The van der Waals surface area contributed by atoms with Crippen LogP contribution in [0.25, 0.3) is 0 Å². The monoisotopic (exact) mass is 255 g/mol. The number of nitrogens with one attached hydrogen (secondary N) is 2. The Bertz CT molecular complexity index is 401. The van der Waals surface area contributed by atoms with E-state index in [1.54, 1.807) is 30.6 Å². The molecule has 94 valence electrons. The predicted molar refractivity (Wildman–Crippen MR) is 69.0 cm³/mol. The molecule has 5 nitrogen and oxygen atoms in total. The molecule has 0 saturated carbocycles. The number of hydrazine groups is 1. The van der Waals surface area contributed by atoms with Crippen LogP contribution in [0.1, 0.15) is 30.1 Å². The molecule has 1 heterocycles. The van der Waals surface area contributed by atoms with E-state index < -0.39 is 0 Å². The average Bonchev–Trinajstić information content (AvgIpc) is 2.65. The maximum Gasteiger partial charge on any atom is 0.268 e. The lowest BCUT2D eigenvalue weighted by atomic mass is 10.3. The largest absolute Gasteiger partial charge is 0.317 e. The molecular weight excluding hydrogens is 238 g/mol. The zero-order valence-corrected chi connectivity index (χ0v) is 11.1. The molecule has 1 rings (SSSR count). The van der Waals surface area contributed by atoms with Gasteiger partial charge >= 0.3 is 0 Å². The molecule has 2 N–H and O–H groups in total. The van der Waals surface area contributed by atoms with Crippen molar-refractivity contribution in [3.8, 4) is 0 Å². The summed E-state index contributed by atoms with van der Waals surface area (Å²) in [6.07, 6.45) is 1.25. The molecule has 1 aromatic rings. The molecule has 0 atom stereocenters. The van der Waals surface area contributed by atoms with Crippen LogP contribution in [-0.4, -0.2) is 30.9 Å². The second kappa shape index (κ2) is 6.36. The highest BCUT2D eigenvalue weighted by Gasteiger charge is 2.14. The number of anilines is 1. The highest BCUT2D eigenvalue weighted by molar-refractivity contribution is 7.14. The number of carbonyl (C=O) groups is 2. The third kappa shape index (κ3) is 4.16. The van der Waals surface area contributed by atoms with E-state index in [1.165, 1.54) is 11.3 Å². The van der Waals surface area contributed by atoms with Gasteiger partial charge in [0.15, 0.2) is 0 Å². The minimum atomic E-state index is -0.219. The number of amides is 2. The fraction of sp³-hybridized carbons (Fsp3) is 0.455. The van der Waals surface area contributed by atoms with E-state index in [0.717, 1.165) is 6.42 Å². The predicted octanol–water partition coefficient (Wildman–Crippen LogP) is 1.69. The third-order valence-electron chi connectivity index (χ3n) is 1.97. The summed E-state index contributed by atoms with van der Waals surface area (Å²) in [6.45, 7) is 1.94. The van der Waals surface area contributed by atoms with Gasteiger partial charge in [-0.05, 0) is 17.9 Å². The van der Waals surface area contributed by atoms with E-state index in [1.807, 2.05) is 6.92 Å². The zero-order valence-electron chi connectivity index (χ0n) is 10.2. The van der Waals surface area contributed by atoms with Crippen molar-refractivity contribution in [3.05, 3.63) is 17.0 Å². The summed E-state index contributed by atoms with van der Waals surface area (Å²) >= 11 is 1.35. The first kappa shape index (κ1) is 13.7. The van der Waals surface area contributed by atoms with E-state index in [4.69, 9.17) is 0 Å². The van der Waals surface area contributed by atoms with Gasteiger partial charge in [0.1, 0.15) is 5.00 Å². The number of hydrogen-bond donors (Lipinski definition) is 2. The lowest BCUT2D eigenvalue weighted by Gasteiger charge is -2.12. The van der Waals surface area contributed by atoms with Crippen molar-refractivity contribution in [3.63, 3.8) is 0 Å². The van der Waals surface area contributed by atoms with Crippen molar-refractivity contribution >= 4 is 28.2 Å². The molecule has 0 aliphatic carbocycles. The normalized spacial score (nSPS) is 10.4. The fourth-order valence-electron chi connectivity index (χ4n) is 1.26. The van der Waals surface area contributed by atoms with Crippen LogP contribution in [0.2, 0.25) is 0 Å². The Morgan fingerprint density at radius 3 is 2.71 bits per heavy atom. The van der Waals surface area contributed by atoms with Gasteiger partial charge in [-0.1, -0.05) is 6.92 Å². The Morgan fingerprint density at radius 1 is 1.41 bits per heavy atom. The van der Waals surface area contributed by atoms with Gasteiger partial charge < -0.3 is 5.32 Å². The summed E-state index contributed by atoms with van der Waals surface area (Å²) < 4.78 is 0. The van der Waals surface area contributed by atoms with E-state index in [2.05, 4.69) is 10.7 Å². The first-order valence-electron chi connectivity index (χ1n) is 5.40. The number of hydrogen-bond acceptors (Lipinski definition) is 4. The van der Waals surface area contributed by atoms with Crippen molar-refractivity contribution in [2.45, 2.75) is 19.8 Å². The van der Waals surface area contributed by atoms with Crippen molar-refractivity contribution < 1.29 is 9.59 Å². The van der Waals surface area contributed by atoms with Crippen LogP contribution in [0.15, 0.2) is 11.4 Å². The van der Waals surface area contributed by atoms with Crippen molar-refractivity contribution in [1.29, 1.82) is 0 Å². The third-order valence-corrected chi connectivity index (χ3v) is 2.79. The Balaban J connectivity index is 2.72. The van der Waals surface area contributed by atoms with Gasteiger partial charge in [-0.3, -0.25) is 15.0 Å². The van der Waals surface area contributed by atoms with Gasteiger partial charge in [-0.2, -0.15) is 0 Å². The fourth-order valence-corrected chi connectivity index (χ4v) is 2.07. The van der Waals surface area contributed by atoms with E-state index in [-0.39, 0.29) is 11.8 Å². The van der Waals surface area contributed by atoms with E-state index >= 15 is 0 Å². The van der Waals surface area contributed by atoms with Gasteiger partial charge in [0.2, 0.25) is 5.91 Å². The van der Waals surface area contributed by atoms with Crippen LogP contribution in [-0.2, 0) is 4.79 Å². The average molecular weight is 255 g/mol.